The zero-order chi connectivity index (χ0) is 7.68. The maximum atomic E-state index is 10.3. The zero-order valence-electron chi connectivity index (χ0n) is 5.77. The van der Waals surface area contributed by atoms with Crippen molar-refractivity contribution < 1.29 is 4.79 Å². The van der Waals surface area contributed by atoms with Gasteiger partial charge in [0.1, 0.15) is 0 Å². The van der Waals surface area contributed by atoms with Crippen LogP contribution in [0.2, 0.25) is 0 Å². The molecule has 0 aromatic rings. The van der Waals surface area contributed by atoms with Crippen LogP contribution in [0.4, 0.5) is 0 Å². The standard InChI is InChI=1S/C8H6N2O/c11-6-10-4-2-7-1-3-9-8(7)5-10/h1-6H. The molecule has 3 heteroatoms. The predicted octanol–water partition coefficient (Wildman–Crippen LogP) is 1.03. The molecule has 54 valence electrons. The van der Waals surface area contributed by atoms with Crippen LogP contribution in [0.5, 0.6) is 0 Å². The molecule has 2 rings (SSSR count). The molecule has 0 bridgehead atoms. The third kappa shape index (κ3) is 0.902. The van der Waals surface area contributed by atoms with Gasteiger partial charge in [-0.3, -0.25) is 14.3 Å². The smallest absolute Gasteiger partial charge is 0.217 e. The first kappa shape index (κ1) is 6.09. The van der Waals surface area contributed by atoms with Gasteiger partial charge < -0.3 is 0 Å². The fourth-order valence-corrected chi connectivity index (χ4v) is 1.02. The highest BCUT2D eigenvalue weighted by molar-refractivity contribution is 5.63. The quantitative estimate of drug-likeness (QED) is 0.563. The molecule has 0 aromatic heterocycles. The number of carbonyl (C=O) groups is 1. The number of rotatable bonds is 1. The van der Waals surface area contributed by atoms with Crippen LogP contribution in [-0.2, 0) is 4.79 Å². The maximum absolute atomic E-state index is 10.3. The van der Waals surface area contributed by atoms with E-state index in [1.165, 1.54) is 4.57 Å². The maximum Gasteiger partial charge on any atom is 0.217 e. The van der Waals surface area contributed by atoms with Crippen LogP contribution < -0.4 is 0 Å². The monoisotopic (exact) mass is 146 g/mol. The number of hydrogen-bond donors (Lipinski definition) is 0. The van der Waals surface area contributed by atoms with E-state index in [1.54, 1.807) is 18.6 Å². The van der Waals surface area contributed by atoms with Crippen molar-refractivity contribution in [2.45, 2.75) is 0 Å². The van der Waals surface area contributed by atoms with Gasteiger partial charge in [-0.05, 0) is 12.1 Å². The Balaban J connectivity index is 2.68. The fourth-order valence-electron chi connectivity index (χ4n) is 1.02. The van der Waals surface area contributed by atoms with E-state index in [4.69, 9.17) is 0 Å². The van der Waals surface area contributed by atoms with Crippen LogP contribution in [0, 0.1) is 0 Å². The SMILES string of the molecule is O=Cn1ccc2ccnc-2c1. The van der Waals surface area contributed by atoms with Gasteiger partial charge in [0, 0.05) is 24.2 Å². The number of aromatic nitrogens is 2. The van der Waals surface area contributed by atoms with Gasteiger partial charge in [-0.1, -0.05) is 0 Å². The number of carbonyl (C=O) groups excluding carboxylic acids is 1. The van der Waals surface area contributed by atoms with Crippen molar-refractivity contribution in [2.24, 2.45) is 0 Å². The van der Waals surface area contributed by atoms with Gasteiger partial charge in [-0.25, -0.2) is 0 Å². The lowest BCUT2D eigenvalue weighted by atomic mass is 10.2. The topological polar surface area (TPSA) is 34.9 Å². The van der Waals surface area contributed by atoms with E-state index in [0.29, 0.717) is 0 Å². The van der Waals surface area contributed by atoms with Crippen molar-refractivity contribution in [1.29, 1.82) is 0 Å². The Bertz CT molecular complexity index is 353. The summed E-state index contributed by atoms with van der Waals surface area (Å²) in [4.78, 5) is 14.4. The van der Waals surface area contributed by atoms with E-state index in [1.807, 2.05) is 12.1 Å². The summed E-state index contributed by atoms with van der Waals surface area (Å²) in [6.07, 6.45) is 5.87. The Morgan fingerprint density at radius 2 is 2.36 bits per heavy atom. The number of hydrogen-bond acceptors (Lipinski definition) is 2. The first-order valence-electron chi connectivity index (χ1n) is 3.27. The first-order valence-corrected chi connectivity index (χ1v) is 3.27. The minimum Gasteiger partial charge on any atom is -0.295 e. The minimum absolute atomic E-state index is 0.744. The molecular formula is C8H6N2O. The summed E-state index contributed by atoms with van der Waals surface area (Å²) in [6, 6.07) is 3.77. The van der Waals surface area contributed by atoms with Crippen LogP contribution in [0.1, 0.15) is 0 Å². The third-order valence-corrected chi connectivity index (χ3v) is 1.58. The molecule has 0 radical (unpaired) electrons. The van der Waals surface area contributed by atoms with Gasteiger partial charge in [-0.2, -0.15) is 0 Å². The zero-order valence-corrected chi connectivity index (χ0v) is 5.77. The summed E-state index contributed by atoms with van der Waals surface area (Å²) in [5.74, 6) is 0. The lowest BCUT2D eigenvalue weighted by Gasteiger charge is -1.98. The highest BCUT2D eigenvalue weighted by atomic mass is 16.1. The Kier molecular flexibility index (Phi) is 1.22. The molecule has 11 heavy (non-hydrogen) atoms. The van der Waals surface area contributed by atoms with Gasteiger partial charge in [0.15, 0.2) is 0 Å². The highest BCUT2D eigenvalue weighted by Crippen LogP contribution is 2.17. The van der Waals surface area contributed by atoms with E-state index in [-0.39, 0.29) is 0 Å². The van der Waals surface area contributed by atoms with Crippen LogP contribution in [0.15, 0.2) is 30.7 Å². The molecule has 0 fully saturated rings. The van der Waals surface area contributed by atoms with Crippen molar-refractivity contribution in [1.82, 2.24) is 9.55 Å². The average Bonchev–Trinajstić information content (AvgIpc) is 2.50. The molecule has 0 aliphatic carbocycles. The summed E-state index contributed by atoms with van der Waals surface area (Å²) in [6.45, 7) is 0. The molecule has 0 saturated heterocycles. The number of fused-ring (bicyclic) bond motifs is 1. The van der Waals surface area contributed by atoms with Gasteiger partial charge in [0.05, 0.1) is 5.69 Å². The average molecular weight is 146 g/mol. The second-order valence-corrected chi connectivity index (χ2v) is 2.28. The molecule has 2 aliphatic rings. The lowest BCUT2D eigenvalue weighted by molar-refractivity contribution is 0.547. The number of pyridine rings is 1. The Labute approximate surface area is 63.6 Å². The fraction of sp³-hybridized carbons (Fsp3) is 0. The van der Waals surface area contributed by atoms with Crippen molar-refractivity contribution in [3.8, 4) is 11.3 Å². The van der Waals surface area contributed by atoms with Crippen molar-refractivity contribution in [2.75, 3.05) is 0 Å². The molecule has 0 N–H and O–H groups in total. The molecule has 0 atom stereocenters. The van der Waals surface area contributed by atoms with Crippen LogP contribution in [0.25, 0.3) is 11.3 Å². The molecule has 0 saturated carbocycles. The Morgan fingerprint density at radius 1 is 1.45 bits per heavy atom. The number of nitrogens with zero attached hydrogens (tertiary/aromatic N) is 2. The van der Waals surface area contributed by atoms with E-state index in [9.17, 15) is 4.79 Å². The van der Waals surface area contributed by atoms with Crippen molar-refractivity contribution in [3.63, 3.8) is 0 Å². The minimum atomic E-state index is 0.744. The van der Waals surface area contributed by atoms with Gasteiger partial charge in [-0.15, -0.1) is 0 Å². The molecule has 2 aliphatic heterocycles. The van der Waals surface area contributed by atoms with Crippen LogP contribution in [-0.4, -0.2) is 16.0 Å². The molecule has 0 aromatic carbocycles. The Hall–Kier alpha value is -1.64. The van der Waals surface area contributed by atoms with Gasteiger partial charge >= 0.3 is 0 Å². The molecule has 2 heterocycles. The summed E-state index contributed by atoms with van der Waals surface area (Å²) < 4.78 is 1.44. The normalized spacial score (nSPS) is 10.2. The van der Waals surface area contributed by atoms with E-state index >= 15 is 0 Å². The Morgan fingerprint density at radius 3 is 3.18 bits per heavy atom. The summed E-state index contributed by atoms with van der Waals surface area (Å²) in [5, 5.41) is 0. The second kappa shape index (κ2) is 2.20. The lowest BCUT2D eigenvalue weighted by Crippen LogP contribution is -1.95. The van der Waals surface area contributed by atoms with Gasteiger partial charge in [0.25, 0.3) is 0 Å². The van der Waals surface area contributed by atoms with Crippen LogP contribution >= 0.6 is 0 Å². The summed E-state index contributed by atoms with van der Waals surface area (Å²) in [5.41, 5.74) is 1.91. The summed E-state index contributed by atoms with van der Waals surface area (Å²) in [7, 11) is 0. The molecule has 3 nitrogen and oxygen atoms in total. The van der Waals surface area contributed by atoms with Crippen molar-refractivity contribution >= 4 is 6.41 Å². The first-order chi connectivity index (χ1) is 5.40. The molecule has 0 spiro atoms. The van der Waals surface area contributed by atoms with E-state index < -0.39 is 0 Å². The van der Waals surface area contributed by atoms with Gasteiger partial charge in [0.2, 0.25) is 6.41 Å². The van der Waals surface area contributed by atoms with E-state index in [2.05, 4.69) is 4.98 Å². The largest absolute Gasteiger partial charge is 0.295 e. The van der Waals surface area contributed by atoms with Crippen LogP contribution in [0.3, 0.4) is 0 Å². The predicted molar refractivity (Wildman–Crippen MR) is 41.0 cm³/mol. The second-order valence-electron chi connectivity index (χ2n) is 2.28. The molecule has 0 unspecified atom stereocenters. The highest BCUT2D eigenvalue weighted by Gasteiger charge is 2.01. The third-order valence-electron chi connectivity index (χ3n) is 1.58. The molecular weight excluding hydrogens is 140 g/mol. The summed E-state index contributed by atoms with van der Waals surface area (Å²) >= 11 is 0. The molecule has 0 amide bonds. The van der Waals surface area contributed by atoms with Crippen molar-refractivity contribution in [3.05, 3.63) is 30.7 Å². The van der Waals surface area contributed by atoms with E-state index in [0.717, 1.165) is 17.7 Å².